The van der Waals surface area contributed by atoms with Crippen molar-refractivity contribution in [2.24, 2.45) is 0 Å². The molecule has 0 aromatic heterocycles. The molecule has 1 fully saturated rings. The lowest BCUT2D eigenvalue weighted by atomic mass is 9.84. The number of halogens is 2. The van der Waals surface area contributed by atoms with Gasteiger partial charge >= 0.3 is 0 Å². The third kappa shape index (κ3) is 5.95. The van der Waals surface area contributed by atoms with Crippen molar-refractivity contribution in [2.75, 3.05) is 32.6 Å². The molecule has 0 radical (unpaired) electrons. The van der Waals surface area contributed by atoms with Crippen LogP contribution < -0.4 is 15.4 Å². The van der Waals surface area contributed by atoms with Gasteiger partial charge in [0.1, 0.15) is 29.6 Å². The van der Waals surface area contributed by atoms with Crippen molar-refractivity contribution in [3.63, 3.8) is 0 Å². The summed E-state index contributed by atoms with van der Waals surface area (Å²) in [5.41, 5.74) is 1.57. The summed E-state index contributed by atoms with van der Waals surface area (Å²) >= 11 is 0. The Kier molecular flexibility index (Phi) is 7.63. The van der Waals surface area contributed by atoms with E-state index in [4.69, 9.17) is 9.47 Å². The zero-order valence-electron chi connectivity index (χ0n) is 19.6. The van der Waals surface area contributed by atoms with Gasteiger partial charge in [0, 0.05) is 29.3 Å². The maximum Gasteiger partial charge on any atom is 0.238 e. The highest BCUT2D eigenvalue weighted by Gasteiger charge is 2.46. The van der Waals surface area contributed by atoms with E-state index < -0.39 is 29.9 Å². The van der Waals surface area contributed by atoms with Crippen molar-refractivity contribution in [1.82, 2.24) is 10.2 Å². The van der Waals surface area contributed by atoms with Crippen LogP contribution in [0.5, 0.6) is 5.75 Å². The molecule has 10 heteroatoms. The Morgan fingerprint density at radius 1 is 1.14 bits per heavy atom. The van der Waals surface area contributed by atoms with E-state index in [9.17, 15) is 23.5 Å². The third-order valence-electron chi connectivity index (χ3n) is 6.14. The Morgan fingerprint density at radius 2 is 1.94 bits per heavy atom. The highest BCUT2D eigenvalue weighted by Crippen LogP contribution is 2.47. The first-order valence-corrected chi connectivity index (χ1v) is 11.5. The highest BCUT2D eigenvalue weighted by atomic mass is 19.1. The predicted octanol–water partition coefficient (Wildman–Crippen LogP) is 2.17. The molecule has 0 spiro atoms. The van der Waals surface area contributed by atoms with E-state index in [2.05, 4.69) is 10.6 Å². The van der Waals surface area contributed by atoms with E-state index in [-0.39, 0.29) is 49.4 Å². The fourth-order valence-electron chi connectivity index (χ4n) is 4.61. The van der Waals surface area contributed by atoms with Crippen LogP contribution in [0.1, 0.15) is 29.9 Å². The topological polar surface area (TPSA) is 100 Å². The molecule has 35 heavy (non-hydrogen) atoms. The molecule has 8 nitrogen and oxygen atoms in total. The van der Waals surface area contributed by atoms with Crippen molar-refractivity contribution < 1.29 is 33.0 Å². The van der Waals surface area contributed by atoms with Gasteiger partial charge in [-0.1, -0.05) is 0 Å². The van der Waals surface area contributed by atoms with Gasteiger partial charge in [-0.25, -0.2) is 8.78 Å². The van der Waals surface area contributed by atoms with Crippen molar-refractivity contribution in [3.05, 3.63) is 59.2 Å². The van der Waals surface area contributed by atoms with Gasteiger partial charge in [0.15, 0.2) is 0 Å². The monoisotopic (exact) mass is 489 g/mol. The number of carbonyl (C=O) groups excluding carboxylic acids is 2. The fraction of sp³-hybridized carbons (Fsp3) is 0.440. The normalized spacial score (nSPS) is 22.8. The SMILES string of the molecule is CN(C)CC(=O)Nc1ccc2c(c1)[C@H]1C[C@@H](CC(=O)NCc3cc(F)ccc3F)O[C@@H](CO)[C@H]1O2. The Hall–Kier alpha value is -3.08. The van der Waals surface area contributed by atoms with Crippen LogP contribution in [0.3, 0.4) is 0 Å². The number of anilines is 1. The number of aliphatic hydroxyl groups is 1. The Balaban J connectivity index is 1.42. The zero-order valence-corrected chi connectivity index (χ0v) is 19.6. The predicted molar refractivity (Wildman–Crippen MR) is 124 cm³/mol. The molecule has 188 valence electrons. The van der Waals surface area contributed by atoms with Crippen molar-refractivity contribution in [3.8, 4) is 5.75 Å². The van der Waals surface area contributed by atoms with Crippen LogP contribution in [-0.2, 0) is 20.9 Å². The summed E-state index contributed by atoms with van der Waals surface area (Å²) in [7, 11) is 3.62. The number of amides is 2. The molecule has 4 atom stereocenters. The second-order valence-corrected chi connectivity index (χ2v) is 9.16. The van der Waals surface area contributed by atoms with Gasteiger partial charge in [-0.05, 0) is 56.9 Å². The zero-order chi connectivity index (χ0) is 25.1. The summed E-state index contributed by atoms with van der Waals surface area (Å²) in [5, 5.41) is 15.4. The lowest BCUT2D eigenvalue weighted by Gasteiger charge is -2.37. The van der Waals surface area contributed by atoms with Gasteiger partial charge in [-0.3, -0.25) is 9.59 Å². The number of rotatable bonds is 8. The fourth-order valence-corrected chi connectivity index (χ4v) is 4.61. The maximum absolute atomic E-state index is 13.8. The number of ether oxygens (including phenoxy) is 2. The van der Waals surface area contributed by atoms with Crippen LogP contribution in [0.15, 0.2) is 36.4 Å². The van der Waals surface area contributed by atoms with E-state index in [1.807, 2.05) is 20.2 Å². The molecule has 0 bridgehead atoms. The lowest BCUT2D eigenvalue weighted by Crippen LogP contribution is -2.47. The Morgan fingerprint density at radius 3 is 2.69 bits per heavy atom. The molecule has 4 rings (SSSR count). The summed E-state index contributed by atoms with van der Waals surface area (Å²) in [4.78, 5) is 26.4. The summed E-state index contributed by atoms with van der Waals surface area (Å²) in [6.45, 7) is -0.183. The molecule has 2 amide bonds. The molecule has 0 saturated carbocycles. The Labute approximate surface area is 202 Å². The van der Waals surface area contributed by atoms with Crippen LogP contribution in [0.2, 0.25) is 0 Å². The summed E-state index contributed by atoms with van der Waals surface area (Å²) in [5.74, 6) is -1.19. The van der Waals surface area contributed by atoms with E-state index in [0.717, 1.165) is 23.8 Å². The number of carbonyl (C=O) groups is 2. The first-order valence-electron chi connectivity index (χ1n) is 11.5. The second-order valence-electron chi connectivity index (χ2n) is 9.16. The number of fused-ring (bicyclic) bond motifs is 3. The molecular weight excluding hydrogens is 460 g/mol. The van der Waals surface area contributed by atoms with Crippen LogP contribution in [-0.4, -0.2) is 67.4 Å². The minimum atomic E-state index is -0.633. The van der Waals surface area contributed by atoms with Crippen molar-refractivity contribution in [2.45, 2.75) is 43.6 Å². The first kappa shape index (κ1) is 25.0. The van der Waals surface area contributed by atoms with Gasteiger partial charge < -0.3 is 30.1 Å². The Bertz CT molecular complexity index is 1100. The third-order valence-corrected chi connectivity index (χ3v) is 6.14. The van der Waals surface area contributed by atoms with Crippen LogP contribution in [0.4, 0.5) is 14.5 Å². The number of nitrogens with zero attached hydrogens (tertiary/aromatic N) is 1. The molecule has 2 aromatic carbocycles. The number of benzene rings is 2. The minimum absolute atomic E-state index is 0.00868. The molecule has 2 aromatic rings. The van der Waals surface area contributed by atoms with Crippen molar-refractivity contribution in [1.29, 1.82) is 0 Å². The summed E-state index contributed by atoms with van der Waals surface area (Å²) in [6, 6.07) is 8.47. The molecule has 0 unspecified atom stereocenters. The van der Waals surface area contributed by atoms with Gasteiger partial charge in [-0.2, -0.15) is 0 Å². The van der Waals surface area contributed by atoms with Gasteiger partial charge in [-0.15, -0.1) is 0 Å². The van der Waals surface area contributed by atoms with Crippen molar-refractivity contribution >= 4 is 17.5 Å². The first-order chi connectivity index (χ1) is 16.7. The van der Waals surface area contributed by atoms with Gasteiger partial charge in [0.2, 0.25) is 11.8 Å². The summed E-state index contributed by atoms with van der Waals surface area (Å²) in [6.07, 6.45) is -1.10. The van der Waals surface area contributed by atoms with Gasteiger partial charge in [0.25, 0.3) is 0 Å². The summed E-state index contributed by atoms with van der Waals surface area (Å²) < 4.78 is 39.2. The number of aliphatic hydroxyl groups excluding tert-OH is 1. The molecule has 2 heterocycles. The van der Waals surface area contributed by atoms with Gasteiger partial charge in [0.05, 0.1) is 25.7 Å². The van der Waals surface area contributed by atoms with Crippen LogP contribution >= 0.6 is 0 Å². The van der Waals surface area contributed by atoms with E-state index in [0.29, 0.717) is 17.9 Å². The smallest absolute Gasteiger partial charge is 0.238 e. The largest absolute Gasteiger partial charge is 0.487 e. The molecular formula is C25H29F2N3O5. The molecule has 2 aliphatic rings. The molecule has 2 aliphatic heterocycles. The number of hydrogen-bond donors (Lipinski definition) is 3. The average Bonchev–Trinajstić information content (AvgIpc) is 3.16. The quantitative estimate of drug-likeness (QED) is 0.526. The van der Waals surface area contributed by atoms with Crippen LogP contribution in [0, 0.1) is 11.6 Å². The lowest BCUT2D eigenvalue weighted by molar-refractivity contribution is -0.142. The average molecular weight is 490 g/mol. The van der Waals surface area contributed by atoms with Crippen LogP contribution in [0.25, 0.3) is 0 Å². The molecule has 0 aliphatic carbocycles. The molecule has 1 saturated heterocycles. The molecule has 3 N–H and O–H groups in total. The second kappa shape index (κ2) is 10.7. The number of hydrogen-bond acceptors (Lipinski definition) is 6. The number of likely N-dealkylation sites (N-methyl/N-ethyl adjacent to an activating group) is 1. The van der Waals surface area contributed by atoms with E-state index >= 15 is 0 Å². The maximum atomic E-state index is 13.8. The minimum Gasteiger partial charge on any atom is -0.487 e. The highest BCUT2D eigenvalue weighted by molar-refractivity contribution is 5.92. The standard InChI is InChI=1S/C25H29F2N3O5/c1-30(2)12-24(33)29-16-4-6-21-18(8-16)19-9-17(34-22(13-31)25(19)35-21)10-23(32)28-11-14-7-15(26)3-5-20(14)27/h3-8,17,19,22,25,31H,9-13H2,1-2H3,(H,28,32)(H,29,33)/t17-,19+,22-,25-/m0/s1. The van der Waals surface area contributed by atoms with E-state index in [1.54, 1.807) is 17.0 Å². The number of nitrogens with one attached hydrogen (secondary N) is 2. The van der Waals surface area contributed by atoms with E-state index in [1.165, 1.54) is 0 Å².